The predicted octanol–water partition coefficient (Wildman–Crippen LogP) is 5.30. The van der Waals surface area contributed by atoms with Crippen molar-refractivity contribution in [3.05, 3.63) is 55.1 Å². The van der Waals surface area contributed by atoms with Gasteiger partial charge in [-0.3, -0.25) is 9.63 Å². The molecule has 152 valence electrons. The summed E-state index contributed by atoms with van der Waals surface area (Å²) in [7, 11) is 0. The van der Waals surface area contributed by atoms with Gasteiger partial charge < -0.3 is 10.4 Å². The first-order valence-corrected chi connectivity index (χ1v) is 9.95. The van der Waals surface area contributed by atoms with Crippen molar-refractivity contribution >= 4 is 63.1 Å². The van der Waals surface area contributed by atoms with E-state index in [1.54, 1.807) is 32.0 Å². The molecule has 0 radical (unpaired) electrons. The summed E-state index contributed by atoms with van der Waals surface area (Å²) in [5.41, 5.74) is 1.62. The molecule has 10 heteroatoms. The maximum absolute atomic E-state index is 14.5. The topological polar surface area (TPSA) is 70.6 Å². The standard InChI is InChI=1S/C18H17Cl2F2IN2O3/c1-8(2)14(26)7-28-25-18(27)10-6-12(20)15(21)16(22)17(10)24-13-4-3-9(23)5-11(13)19/h3-6,8,14,24,26H,7H2,1-2H3,(H,25,27). The predicted molar refractivity (Wildman–Crippen MR) is 113 cm³/mol. The van der Waals surface area contributed by atoms with Crippen LogP contribution in [0, 0.1) is 21.1 Å². The molecule has 0 fully saturated rings. The van der Waals surface area contributed by atoms with Crippen molar-refractivity contribution in [1.82, 2.24) is 5.48 Å². The molecule has 5 nitrogen and oxygen atoms in total. The van der Waals surface area contributed by atoms with E-state index >= 15 is 0 Å². The molecule has 0 aliphatic heterocycles. The molecule has 28 heavy (non-hydrogen) atoms. The molecule has 0 aromatic heterocycles. The molecule has 0 spiro atoms. The summed E-state index contributed by atoms with van der Waals surface area (Å²) in [6, 6.07) is 5.85. The lowest BCUT2D eigenvalue weighted by Crippen LogP contribution is -2.31. The van der Waals surface area contributed by atoms with E-state index in [4.69, 9.17) is 28.0 Å². The van der Waals surface area contributed by atoms with Crippen molar-refractivity contribution in [3.8, 4) is 0 Å². The van der Waals surface area contributed by atoms with E-state index in [1.165, 1.54) is 0 Å². The highest BCUT2D eigenvalue weighted by Crippen LogP contribution is 2.33. The Hall–Kier alpha value is -1.20. The Bertz CT molecular complexity index is 884. The van der Waals surface area contributed by atoms with Crippen molar-refractivity contribution in [2.45, 2.75) is 20.0 Å². The normalized spacial score (nSPS) is 12.2. The molecule has 0 saturated heterocycles. The minimum absolute atomic E-state index is 0.0881. The van der Waals surface area contributed by atoms with Crippen LogP contribution in [0.2, 0.25) is 10.0 Å². The number of nitrogens with one attached hydrogen (secondary N) is 2. The average Bonchev–Trinajstić information content (AvgIpc) is 2.63. The largest absolute Gasteiger partial charge is 0.390 e. The van der Waals surface area contributed by atoms with Gasteiger partial charge in [0.25, 0.3) is 5.91 Å². The number of anilines is 2. The Morgan fingerprint density at radius 3 is 2.50 bits per heavy atom. The minimum atomic E-state index is -1.34. The molecule has 0 saturated carbocycles. The Labute approximate surface area is 184 Å². The summed E-state index contributed by atoms with van der Waals surface area (Å²) in [5.74, 6) is -3.61. The highest BCUT2D eigenvalue weighted by atomic mass is 127. The molecule has 1 amide bonds. The zero-order chi connectivity index (χ0) is 21.0. The zero-order valence-corrected chi connectivity index (χ0v) is 18.5. The van der Waals surface area contributed by atoms with Crippen LogP contribution in [0.4, 0.5) is 20.2 Å². The third-order valence-electron chi connectivity index (χ3n) is 3.79. The quantitative estimate of drug-likeness (QED) is 0.251. The van der Waals surface area contributed by atoms with Crippen LogP contribution in [0.1, 0.15) is 24.2 Å². The summed E-state index contributed by atoms with van der Waals surface area (Å²) < 4.78 is 29.3. The summed E-state index contributed by atoms with van der Waals surface area (Å²) in [6.07, 6.45) is -0.808. The van der Waals surface area contributed by atoms with Crippen molar-refractivity contribution in [1.29, 1.82) is 0 Å². The van der Waals surface area contributed by atoms with Crippen molar-refractivity contribution in [2.24, 2.45) is 5.92 Å². The molecule has 1 unspecified atom stereocenters. The molecule has 0 aliphatic rings. The summed E-state index contributed by atoms with van der Waals surface area (Å²) in [5, 5.41) is 12.0. The van der Waals surface area contributed by atoms with E-state index in [2.05, 4.69) is 10.8 Å². The van der Waals surface area contributed by atoms with E-state index in [-0.39, 0.29) is 28.8 Å². The van der Waals surface area contributed by atoms with E-state index < -0.39 is 34.4 Å². The number of carbonyl (C=O) groups is 1. The number of aliphatic hydroxyl groups is 1. The molecule has 2 aromatic rings. The monoisotopic (exact) mass is 544 g/mol. The SMILES string of the molecule is CC(C)C(O)CONC(=O)c1cc(Cl)c(F)c(F)c1Nc1ccc(I)cc1Cl. The van der Waals surface area contributed by atoms with Crippen LogP contribution in [-0.4, -0.2) is 23.7 Å². The number of hydroxylamine groups is 1. The van der Waals surface area contributed by atoms with Gasteiger partial charge in [-0.15, -0.1) is 0 Å². The van der Waals surface area contributed by atoms with E-state index in [0.29, 0.717) is 0 Å². The highest BCUT2D eigenvalue weighted by Gasteiger charge is 2.23. The van der Waals surface area contributed by atoms with Gasteiger partial charge in [0.2, 0.25) is 0 Å². The van der Waals surface area contributed by atoms with Gasteiger partial charge in [0.15, 0.2) is 11.6 Å². The van der Waals surface area contributed by atoms with Crippen LogP contribution >= 0.6 is 45.8 Å². The number of halogens is 5. The first-order valence-electron chi connectivity index (χ1n) is 8.11. The number of rotatable bonds is 7. The Balaban J connectivity index is 2.31. The number of hydrogen-bond donors (Lipinski definition) is 3. The molecule has 0 aliphatic carbocycles. The van der Waals surface area contributed by atoms with E-state index in [0.717, 1.165) is 9.64 Å². The van der Waals surface area contributed by atoms with Crippen LogP contribution < -0.4 is 10.8 Å². The van der Waals surface area contributed by atoms with Gasteiger partial charge in [0.1, 0.15) is 6.61 Å². The third-order valence-corrected chi connectivity index (χ3v) is 5.04. The summed E-state index contributed by atoms with van der Waals surface area (Å²) >= 11 is 13.9. The maximum atomic E-state index is 14.5. The van der Waals surface area contributed by atoms with E-state index in [1.807, 2.05) is 22.6 Å². The summed E-state index contributed by atoms with van der Waals surface area (Å²) in [4.78, 5) is 17.4. The maximum Gasteiger partial charge on any atom is 0.277 e. The van der Waals surface area contributed by atoms with Gasteiger partial charge in [0, 0.05) is 3.57 Å². The fraction of sp³-hybridized carbons (Fsp3) is 0.278. The van der Waals surface area contributed by atoms with Gasteiger partial charge in [0.05, 0.1) is 33.1 Å². The van der Waals surface area contributed by atoms with Gasteiger partial charge in [-0.2, -0.15) is 0 Å². The van der Waals surface area contributed by atoms with Crippen LogP contribution in [0.25, 0.3) is 0 Å². The molecule has 2 rings (SSSR count). The zero-order valence-electron chi connectivity index (χ0n) is 14.8. The Morgan fingerprint density at radius 2 is 1.89 bits per heavy atom. The molecule has 2 aromatic carbocycles. The van der Waals surface area contributed by atoms with Crippen LogP contribution in [0.5, 0.6) is 0 Å². The van der Waals surface area contributed by atoms with Gasteiger partial charge in [-0.25, -0.2) is 14.3 Å². The smallest absolute Gasteiger partial charge is 0.277 e. The number of carbonyl (C=O) groups excluding carboxylic acids is 1. The first kappa shape index (κ1) is 23.1. The number of aliphatic hydroxyl groups excluding tert-OH is 1. The number of amides is 1. The molecular formula is C18H17Cl2F2IN2O3. The van der Waals surface area contributed by atoms with Crippen molar-refractivity contribution in [2.75, 3.05) is 11.9 Å². The van der Waals surface area contributed by atoms with E-state index in [9.17, 15) is 18.7 Å². The second-order valence-electron chi connectivity index (χ2n) is 6.21. The Kier molecular flexibility index (Phi) is 8.26. The molecule has 3 N–H and O–H groups in total. The van der Waals surface area contributed by atoms with Gasteiger partial charge in [-0.1, -0.05) is 37.0 Å². The van der Waals surface area contributed by atoms with Crippen LogP contribution in [-0.2, 0) is 4.84 Å². The van der Waals surface area contributed by atoms with Crippen molar-refractivity contribution < 1.29 is 23.5 Å². The number of hydrogen-bond acceptors (Lipinski definition) is 4. The van der Waals surface area contributed by atoms with Crippen LogP contribution in [0.15, 0.2) is 24.3 Å². The van der Waals surface area contributed by atoms with Gasteiger partial charge >= 0.3 is 0 Å². The van der Waals surface area contributed by atoms with Crippen molar-refractivity contribution in [3.63, 3.8) is 0 Å². The second-order valence-corrected chi connectivity index (χ2v) is 8.27. The lowest BCUT2D eigenvalue weighted by atomic mass is 10.1. The van der Waals surface area contributed by atoms with Gasteiger partial charge in [-0.05, 0) is 52.8 Å². The summed E-state index contributed by atoms with van der Waals surface area (Å²) in [6.45, 7) is 3.38. The molecule has 1 atom stereocenters. The highest BCUT2D eigenvalue weighted by molar-refractivity contribution is 14.1. The lowest BCUT2D eigenvalue weighted by Gasteiger charge is -2.17. The minimum Gasteiger partial charge on any atom is -0.390 e. The first-order chi connectivity index (χ1) is 13.1. The molecule has 0 bridgehead atoms. The fourth-order valence-electron chi connectivity index (χ4n) is 2.06. The lowest BCUT2D eigenvalue weighted by molar-refractivity contribution is -0.0268. The Morgan fingerprint density at radius 1 is 1.21 bits per heavy atom. The third kappa shape index (κ3) is 5.66. The van der Waals surface area contributed by atoms with Crippen LogP contribution in [0.3, 0.4) is 0 Å². The fourth-order valence-corrected chi connectivity index (χ4v) is 3.16. The number of benzene rings is 2. The molecule has 0 heterocycles. The molecular weight excluding hydrogens is 528 g/mol. The second kappa shape index (κ2) is 10.0. The average molecular weight is 545 g/mol.